The van der Waals surface area contributed by atoms with Crippen LogP contribution in [0.5, 0.6) is 0 Å². The number of halogens is 2. The summed E-state index contributed by atoms with van der Waals surface area (Å²) in [5, 5.41) is 0.333. The molecule has 2 aromatic rings. The molecule has 3 saturated heterocycles. The number of carbonyl (C=O) groups is 1. The quantitative estimate of drug-likeness (QED) is 0.827. The Kier molecular flexibility index (Phi) is 4.60. The topological polar surface area (TPSA) is 55.5 Å². The number of H-pyrrole nitrogens is 1. The van der Waals surface area contributed by atoms with Crippen molar-refractivity contribution >= 4 is 28.5 Å². The molecule has 4 heterocycles. The van der Waals surface area contributed by atoms with Crippen molar-refractivity contribution in [3.05, 3.63) is 28.8 Å². The van der Waals surface area contributed by atoms with E-state index in [-0.39, 0.29) is 17.3 Å². The van der Waals surface area contributed by atoms with Crippen LogP contribution in [0.2, 0.25) is 5.02 Å². The summed E-state index contributed by atoms with van der Waals surface area (Å²) in [5.74, 6) is 0.707. The van der Waals surface area contributed by atoms with E-state index in [2.05, 4.69) is 33.6 Å². The van der Waals surface area contributed by atoms with Crippen molar-refractivity contribution in [3.8, 4) is 0 Å². The smallest absolute Gasteiger partial charge is 0.237 e. The summed E-state index contributed by atoms with van der Waals surface area (Å²) < 4.78 is 13.6. The first-order valence-electron chi connectivity index (χ1n) is 10.4. The van der Waals surface area contributed by atoms with E-state index in [0.717, 1.165) is 44.7 Å². The maximum Gasteiger partial charge on any atom is 0.237 e. The van der Waals surface area contributed by atoms with E-state index in [4.69, 9.17) is 11.6 Å². The van der Waals surface area contributed by atoms with Crippen molar-refractivity contribution in [1.82, 2.24) is 24.7 Å². The maximum atomic E-state index is 13.6. The molecule has 1 aromatic carbocycles. The summed E-state index contributed by atoms with van der Waals surface area (Å²) in [4.78, 5) is 27.4. The Bertz CT molecular complexity index is 946. The Morgan fingerprint density at radius 3 is 2.66 bits per heavy atom. The first-order valence-corrected chi connectivity index (χ1v) is 10.8. The van der Waals surface area contributed by atoms with E-state index < -0.39 is 0 Å². The van der Waals surface area contributed by atoms with Crippen molar-refractivity contribution in [1.29, 1.82) is 0 Å². The van der Waals surface area contributed by atoms with E-state index in [9.17, 15) is 9.18 Å². The number of aromatic nitrogens is 2. The van der Waals surface area contributed by atoms with Gasteiger partial charge in [0.25, 0.3) is 0 Å². The molecular weight excluding hydrogens is 393 g/mol. The number of nitrogens with one attached hydrogen (secondary N) is 1. The van der Waals surface area contributed by atoms with Crippen LogP contribution in [0.4, 0.5) is 4.39 Å². The Labute approximate surface area is 175 Å². The highest BCUT2D eigenvalue weighted by Gasteiger charge is 2.44. The fourth-order valence-corrected chi connectivity index (χ4v) is 5.47. The molecule has 2 bridgehead atoms. The molecule has 29 heavy (non-hydrogen) atoms. The van der Waals surface area contributed by atoms with Crippen molar-refractivity contribution in [3.63, 3.8) is 0 Å². The van der Waals surface area contributed by atoms with Crippen molar-refractivity contribution < 1.29 is 9.18 Å². The summed E-state index contributed by atoms with van der Waals surface area (Å²) in [7, 11) is 0. The van der Waals surface area contributed by atoms with Crippen LogP contribution >= 0.6 is 11.6 Å². The zero-order chi connectivity index (χ0) is 20.3. The molecule has 0 aliphatic carbocycles. The number of hydrogen-bond acceptors (Lipinski definition) is 4. The highest BCUT2D eigenvalue weighted by molar-refractivity contribution is 6.34. The number of piperazine rings is 1. The van der Waals surface area contributed by atoms with Gasteiger partial charge in [0.2, 0.25) is 5.91 Å². The highest BCUT2D eigenvalue weighted by atomic mass is 35.5. The number of carbonyl (C=O) groups excluding carboxylic acids is 1. The van der Waals surface area contributed by atoms with Gasteiger partial charge in [0.1, 0.15) is 17.2 Å². The first kappa shape index (κ1) is 19.3. The number of nitrogens with zero attached hydrogens (tertiary/aromatic N) is 4. The van der Waals surface area contributed by atoms with Crippen LogP contribution in [-0.4, -0.2) is 74.4 Å². The van der Waals surface area contributed by atoms with E-state index in [1.165, 1.54) is 12.1 Å². The Balaban J connectivity index is 1.24. The predicted molar refractivity (Wildman–Crippen MR) is 110 cm³/mol. The molecule has 1 aromatic heterocycles. The van der Waals surface area contributed by atoms with Gasteiger partial charge in [-0.1, -0.05) is 11.6 Å². The van der Waals surface area contributed by atoms with Crippen LogP contribution < -0.4 is 0 Å². The van der Waals surface area contributed by atoms with Gasteiger partial charge in [-0.2, -0.15) is 0 Å². The van der Waals surface area contributed by atoms with Gasteiger partial charge in [-0.25, -0.2) is 9.37 Å². The number of likely N-dealkylation sites (tertiary alicyclic amines) is 2. The zero-order valence-corrected chi connectivity index (χ0v) is 17.7. The number of rotatable bonds is 4. The average Bonchev–Trinajstić information content (AvgIpc) is 3.11. The molecule has 5 rings (SSSR count). The molecule has 3 aliphatic heterocycles. The van der Waals surface area contributed by atoms with Crippen molar-refractivity contribution in [2.24, 2.45) is 0 Å². The summed E-state index contributed by atoms with van der Waals surface area (Å²) >= 11 is 6.13. The minimum Gasteiger partial charge on any atom is -0.341 e. The lowest BCUT2D eigenvalue weighted by molar-refractivity contribution is -0.147. The zero-order valence-electron chi connectivity index (χ0n) is 16.9. The second kappa shape index (κ2) is 6.93. The van der Waals surface area contributed by atoms with Gasteiger partial charge in [-0.3, -0.25) is 14.6 Å². The van der Waals surface area contributed by atoms with Gasteiger partial charge >= 0.3 is 0 Å². The van der Waals surface area contributed by atoms with Crippen molar-refractivity contribution in [2.75, 3.05) is 26.2 Å². The molecular formula is C21H27ClFN5O. The van der Waals surface area contributed by atoms with Crippen LogP contribution in [0.15, 0.2) is 12.1 Å². The lowest BCUT2D eigenvalue weighted by Gasteiger charge is -2.50. The molecule has 2 unspecified atom stereocenters. The standard InChI is InChI=1S/C21H27ClFN5O/c1-21(2)5-6-28(21)19(29)12-27-14-3-4-15(27)10-26(9-14)11-18-24-17-8-13(23)7-16(22)20(17)25-18/h7-8,14-15H,3-6,9-12H2,1-2H3,(H,24,25). The molecule has 3 aliphatic rings. The summed E-state index contributed by atoms with van der Waals surface area (Å²) in [6.45, 7) is 8.24. The average molecular weight is 420 g/mol. The summed E-state index contributed by atoms with van der Waals surface area (Å²) in [6, 6.07) is 3.55. The van der Waals surface area contributed by atoms with Crippen LogP contribution in [-0.2, 0) is 11.3 Å². The maximum absolute atomic E-state index is 13.6. The number of imidazole rings is 1. The molecule has 2 atom stereocenters. The minimum atomic E-state index is -0.362. The number of fused-ring (bicyclic) bond motifs is 3. The van der Waals surface area contributed by atoms with Gasteiger partial charge in [0.15, 0.2) is 0 Å². The monoisotopic (exact) mass is 419 g/mol. The molecule has 6 nitrogen and oxygen atoms in total. The van der Waals surface area contributed by atoms with Crippen molar-refractivity contribution in [2.45, 2.75) is 57.3 Å². The summed E-state index contributed by atoms with van der Waals surface area (Å²) in [6.07, 6.45) is 3.36. The third kappa shape index (κ3) is 3.43. The fourth-order valence-electron chi connectivity index (χ4n) is 5.22. The molecule has 0 radical (unpaired) electrons. The fraction of sp³-hybridized carbons (Fsp3) is 0.619. The van der Waals surface area contributed by atoms with E-state index in [1.807, 2.05) is 4.90 Å². The number of amides is 1. The largest absolute Gasteiger partial charge is 0.341 e. The van der Waals surface area contributed by atoms with Crippen LogP contribution in [0.1, 0.15) is 38.9 Å². The molecule has 0 spiro atoms. The van der Waals surface area contributed by atoms with Gasteiger partial charge in [-0.15, -0.1) is 0 Å². The molecule has 0 saturated carbocycles. The second-order valence-corrected chi connectivity index (χ2v) is 9.73. The highest BCUT2D eigenvalue weighted by Crippen LogP contribution is 2.33. The Morgan fingerprint density at radius 2 is 2.03 bits per heavy atom. The minimum absolute atomic E-state index is 0.0139. The van der Waals surface area contributed by atoms with Crippen LogP contribution in [0, 0.1) is 5.82 Å². The van der Waals surface area contributed by atoms with Crippen LogP contribution in [0.3, 0.4) is 0 Å². The Morgan fingerprint density at radius 1 is 1.31 bits per heavy atom. The molecule has 3 fully saturated rings. The SMILES string of the molecule is CC1(C)CCN1C(=O)CN1C2CCC1CN(Cc1nc3c(Cl)cc(F)cc3[nH]1)C2. The third-order valence-corrected chi connectivity index (χ3v) is 7.22. The van der Waals surface area contributed by atoms with E-state index in [0.29, 0.717) is 41.2 Å². The van der Waals surface area contributed by atoms with Crippen LogP contribution in [0.25, 0.3) is 11.0 Å². The Hall–Kier alpha value is -1.70. The lowest BCUT2D eigenvalue weighted by atomic mass is 9.89. The van der Waals surface area contributed by atoms with Gasteiger partial charge in [0, 0.05) is 37.3 Å². The summed E-state index contributed by atoms with van der Waals surface area (Å²) in [5.41, 5.74) is 1.27. The van der Waals surface area contributed by atoms with E-state index in [1.54, 1.807) is 0 Å². The molecule has 1 N–H and O–H groups in total. The number of benzene rings is 1. The van der Waals surface area contributed by atoms with E-state index >= 15 is 0 Å². The van der Waals surface area contributed by atoms with Gasteiger partial charge in [-0.05, 0) is 45.2 Å². The predicted octanol–water partition coefficient (Wildman–Crippen LogP) is 3.01. The first-order chi connectivity index (χ1) is 13.8. The normalized spacial score (nSPS) is 26.8. The lowest BCUT2D eigenvalue weighted by Crippen LogP contribution is -2.62. The van der Waals surface area contributed by atoms with Gasteiger partial charge in [0.05, 0.1) is 23.6 Å². The number of hydrogen-bond donors (Lipinski definition) is 1. The third-order valence-electron chi connectivity index (χ3n) is 6.93. The molecule has 8 heteroatoms. The molecule has 156 valence electrons. The van der Waals surface area contributed by atoms with Gasteiger partial charge < -0.3 is 9.88 Å². The molecule has 1 amide bonds. The number of aromatic amines is 1. The second-order valence-electron chi connectivity index (χ2n) is 9.33.